The van der Waals surface area contributed by atoms with Gasteiger partial charge in [0.15, 0.2) is 0 Å². The standard InChI is InChI=1S/C7H4BrF2O/c8-5-3-1-2-4-6(5)11-7(9)10/h1-2,4,7H. The molecule has 0 fully saturated rings. The Bertz CT molecular complexity index is 240. The fraction of sp³-hybridized carbons (Fsp3) is 0.143. The predicted octanol–water partition coefficient (Wildman–Crippen LogP) is 2.85. The number of halogens is 3. The van der Waals surface area contributed by atoms with Crippen molar-refractivity contribution in [2.24, 2.45) is 0 Å². The molecule has 1 radical (unpaired) electrons. The van der Waals surface area contributed by atoms with Crippen LogP contribution >= 0.6 is 15.9 Å². The molecule has 1 aromatic rings. The zero-order chi connectivity index (χ0) is 8.27. The van der Waals surface area contributed by atoms with E-state index in [1.54, 1.807) is 12.1 Å². The first-order valence-corrected chi connectivity index (χ1v) is 3.60. The monoisotopic (exact) mass is 221 g/mol. The van der Waals surface area contributed by atoms with Gasteiger partial charge in [-0.05, 0) is 22.0 Å². The van der Waals surface area contributed by atoms with Crippen molar-refractivity contribution in [1.82, 2.24) is 0 Å². The molecule has 0 heterocycles. The van der Waals surface area contributed by atoms with Gasteiger partial charge in [0.2, 0.25) is 0 Å². The molecule has 11 heavy (non-hydrogen) atoms. The largest absolute Gasteiger partial charge is 0.434 e. The second-order valence-corrected chi connectivity index (χ2v) is 2.52. The zero-order valence-corrected chi connectivity index (χ0v) is 6.94. The first-order chi connectivity index (χ1) is 5.20. The minimum atomic E-state index is -2.79. The van der Waals surface area contributed by atoms with E-state index in [9.17, 15) is 8.78 Å². The third-order valence-corrected chi connectivity index (χ3v) is 1.61. The Labute approximate surface area is 71.1 Å². The topological polar surface area (TPSA) is 9.23 Å². The van der Waals surface area contributed by atoms with Crippen LogP contribution in [0.4, 0.5) is 8.78 Å². The molecule has 0 aromatic heterocycles. The molecule has 0 aliphatic heterocycles. The molecule has 0 aliphatic carbocycles. The van der Waals surface area contributed by atoms with Crippen LogP contribution in [0.25, 0.3) is 0 Å². The second kappa shape index (κ2) is 3.67. The second-order valence-electron chi connectivity index (χ2n) is 1.73. The highest BCUT2D eigenvalue weighted by atomic mass is 79.9. The van der Waals surface area contributed by atoms with Crippen molar-refractivity contribution < 1.29 is 13.5 Å². The summed E-state index contributed by atoms with van der Waals surface area (Å²) < 4.78 is 27.8. The van der Waals surface area contributed by atoms with E-state index >= 15 is 0 Å². The summed E-state index contributed by atoms with van der Waals surface area (Å²) in [4.78, 5) is 0. The normalized spacial score (nSPS) is 10.2. The fourth-order valence-electron chi connectivity index (χ4n) is 0.588. The molecule has 0 bridgehead atoms. The quantitative estimate of drug-likeness (QED) is 0.747. The van der Waals surface area contributed by atoms with Crippen LogP contribution in [0, 0.1) is 6.07 Å². The van der Waals surface area contributed by atoms with E-state index in [0.29, 0.717) is 4.47 Å². The first-order valence-electron chi connectivity index (χ1n) is 2.81. The molecule has 1 rings (SSSR count). The lowest BCUT2D eigenvalue weighted by molar-refractivity contribution is -0.0503. The van der Waals surface area contributed by atoms with Crippen molar-refractivity contribution in [3.05, 3.63) is 28.7 Å². The summed E-state index contributed by atoms with van der Waals surface area (Å²) in [5.74, 6) is 0.0995. The maximum atomic E-state index is 11.6. The lowest BCUT2D eigenvalue weighted by Crippen LogP contribution is -2.01. The van der Waals surface area contributed by atoms with E-state index in [4.69, 9.17) is 0 Å². The SMILES string of the molecule is FC(F)Oc1ccc[c]c1Br. The summed E-state index contributed by atoms with van der Waals surface area (Å²) in [6, 6.07) is 7.27. The van der Waals surface area contributed by atoms with Crippen molar-refractivity contribution in [2.45, 2.75) is 6.61 Å². The lowest BCUT2D eigenvalue weighted by atomic mass is 10.3. The predicted molar refractivity (Wildman–Crippen MR) is 39.6 cm³/mol. The van der Waals surface area contributed by atoms with E-state index in [1.807, 2.05) is 0 Å². The van der Waals surface area contributed by atoms with Crippen LogP contribution < -0.4 is 4.74 Å². The van der Waals surface area contributed by atoms with E-state index in [2.05, 4.69) is 26.7 Å². The van der Waals surface area contributed by atoms with Crippen LogP contribution in [-0.2, 0) is 0 Å². The Morgan fingerprint density at radius 1 is 1.55 bits per heavy atom. The van der Waals surface area contributed by atoms with E-state index in [1.165, 1.54) is 6.07 Å². The summed E-state index contributed by atoms with van der Waals surface area (Å²) in [6.07, 6.45) is 0. The Kier molecular flexibility index (Phi) is 2.82. The van der Waals surface area contributed by atoms with E-state index in [0.717, 1.165) is 0 Å². The molecule has 0 N–H and O–H groups in total. The molecule has 0 unspecified atom stereocenters. The van der Waals surface area contributed by atoms with Gasteiger partial charge in [-0.25, -0.2) is 0 Å². The van der Waals surface area contributed by atoms with Gasteiger partial charge in [-0.3, -0.25) is 0 Å². The van der Waals surface area contributed by atoms with Crippen LogP contribution in [-0.4, -0.2) is 6.61 Å². The third kappa shape index (κ3) is 2.46. The molecule has 0 saturated heterocycles. The Morgan fingerprint density at radius 3 is 2.82 bits per heavy atom. The van der Waals surface area contributed by atoms with Gasteiger partial charge in [0, 0.05) is 6.07 Å². The summed E-state index contributed by atoms with van der Waals surface area (Å²) >= 11 is 3.01. The Hall–Kier alpha value is -0.640. The molecule has 0 spiro atoms. The van der Waals surface area contributed by atoms with Gasteiger partial charge in [0.05, 0.1) is 4.47 Å². The first kappa shape index (κ1) is 8.46. The van der Waals surface area contributed by atoms with Crippen LogP contribution in [0.15, 0.2) is 22.7 Å². The van der Waals surface area contributed by atoms with Gasteiger partial charge in [0.25, 0.3) is 0 Å². The van der Waals surface area contributed by atoms with Crippen LogP contribution in [0.3, 0.4) is 0 Å². The highest BCUT2D eigenvalue weighted by Gasteiger charge is 2.06. The highest BCUT2D eigenvalue weighted by molar-refractivity contribution is 9.10. The summed E-state index contributed by atoms with van der Waals surface area (Å²) in [5, 5.41) is 0. The maximum Gasteiger partial charge on any atom is 0.387 e. The number of hydrogen-bond acceptors (Lipinski definition) is 1. The van der Waals surface area contributed by atoms with Gasteiger partial charge in [-0.15, -0.1) is 0 Å². The van der Waals surface area contributed by atoms with E-state index in [-0.39, 0.29) is 5.75 Å². The molecule has 4 heteroatoms. The Balaban J connectivity index is 2.78. The van der Waals surface area contributed by atoms with Gasteiger partial charge >= 0.3 is 6.61 Å². The van der Waals surface area contributed by atoms with Crippen molar-refractivity contribution >= 4 is 15.9 Å². The summed E-state index contributed by atoms with van der Waals surface area (Å²) in [5.41, 5.74) is 0. The molecule has 1 aromatic carbocycles. The molecule has 0 atom stereocenters. The third-order valence-electron chi connectivity index (χ3n) is 0.986. The number of ether oxygens (including phenoxy) is 1. The zero-order valence-electron chi connectivity index (χ0n) is 5.35. The van der Waals surface area contributed by atoms with Gasteiger partial charge in [-0.1, -0.05) is 12.1 Å². The fourth-order valence-corrected chi connectivity index (χ4v) is 0.946. The van der Waals surface area contributed by atoms with Crippen LogP contribution in [0.2, 0.25) is 0 Å². The molecule has 0 amide bonds. The molecule has 1 nitrogen and oxygen atoms in total. The van der Waals surface area contributed by atoms with Crippen molar-refractivity contribution in [1.29, 1.82) is 0 Å². The average molecular weight is 222 g/mol. The van der Waals surface area contributed by atoms with Gasteiger partial charge in [0.1, 0.15) is 5.75 Å². The number of alkyl halides is 2. The number of rotatable bonds is 2. The van der Waals surface area contributed by atoms with Crippen molar-refractivity contribution in [2.75, 3.05) is 0 Å². The smallest absolute Gasteiger partial charge is 0.387 e. The van der Waals surface area contributed by atoms with Crippen molar-refractivity contribution in [3.8, 4) is 5.75 Å². The molecular formula is C7H4BrF2O. The van der Waals surface area contributed by atoms with E-state index < -0.39 is 6.61 Å². The minimum absolute atomic E-state index is 0.0995. The molecule has 0 saturated carbocycles. The van der Waals surface area contributed by atoms with Crippen LogP contribution in [0.5, 0.6) is 5.75 Å². The highest BCUT2D eigenvalue weighted by Crippen LogP contribution is 2.24. The maximum absolute atomic E-state index is 11.6. The van der Waals surface area contributed by atoms with Gasteiger partial charge < -0.3 is 4.74 Å². The molecular weight excluding hydrogens is 218 g/mol. The molecule has 59 valence electrons. The summed E-state index contributed by atoms with van der Waals surface area (Å²) in [6.45, 7) is -2.79. The lowest BCUT2D eigenvalue weighted by Gasteiger charge is -2.04. The Morgan fingerprint density at radius 2 is 2.27 bits per heavy atom. The minimum Gasteiger partial charge on any atom is -0.434 e. The number of benzene rings is 1. The average Bonchev–Trinajstić information content (AvgIpc) is 1.93. The molecule has 0 aliphatic rings. The summed E-state index contributed by atoms with van der Waals surface area (Å²) in [7, 11) is 0. The van der Waals surface area contributed by atoms with Crippen LogP contribution in [0.1, 0.15) is 0 Å². The van der Waals surface area contributed by atoms with Crippen molar-refractivity contribution in [3.63, 3.8) is 0 Å². The van der Waals surface area contributed by atoms with Gasteiger partial charge in [-0.2, -0.15) is 8.78 Å². The number of hydrogen-bond donors (Lipinski definition) is 0.